The monoisotopic (exact) mass is 289 g/mol. The van der Waals surface area contributed by atoms with Gasteiger partial charge in [-0.1, -0.05) is 6.07 Å². The highest BCUT2D eigenvalue weighted by Crippen LogP contribution is 2.33. The number of likely N-dealkylation sites (N-methyl/N-ethyl adjacent to an activating group) is 2. The van der Waals surface area contributed by atoms with Gasteiger partial charge in [0.1, 0.15) is 0 Å². The first-order valence-corrected chi connectivity index (χ1v) is 6.15. The van der Waals surface area contributed by atoms with E-state index in [1.807, 2.05) is 0 Å². The van der Waals surface area contributed by atoms with E-state index in [1.54, 1.807) is 14.0 Å². The van der Waals surface area contributed by atoms with Crippen molar-refractivity contribution in [2.75, 3.05) is 25.9 Å². The van der Waals surface area contributed by atoms with Crippen LogP contribution in [0.1, 0.15) is 18.1 Å². The van der Waals surface area contributed by atoms with E-state index < -0.39 is 11.7 Å². The number of rotatable bonds is 5. The van der Waals surface area contributed by atoms with Gasteiger partial charge in [0.25, 0.3) is 0 Å². The predicted molar refractivity (Wildman–Crippen MR) is 70.9 cm³/mol. The molecule has 0 radical (unpaired) electrons. The van der Waals surface area contributed by atoms with Gasteiger partial charge < -0.3 is 11.1 Å². The van der Waals surface area contributed by atoms with Crippen molar-refractivity contribution >= 4 is 11.6 Å². The van der Waals surface area contributed by atoms with Crippen molar-refractivity contribution in [3.63, 3.8) is 0 Å². The van der Waals surface area contributed by atoms with Gasteiger partial charge in [0.15, 0.2) is 0 Å². The molecule has 7 heteroatoms. The van der Waals surface area contributed by atoms with Crippen LogP contribution in [0, 0.1) is 0 Å². The molecule has 0 aliphatic rings. The van der Waals surface area contributed by atoms with Crippen LogP contribution in [0.3, 0.4) is 0 Å². The molecule has 0 atom stereocenters. The number of amides is 1. The van der Waals surface area contributed by atoms with Gasteiger partial charge in [-0.2, -0.15) is 13.2 Å². The molecule has 1 aromatic rings. The van der Waals surface area contributed by atoms with E-state index in [2.05, 4.69) is 5.32 Å². The number of nitrogens with zero attached hydrogens (tertiary/aromatic N) is 1. The van der Waals surface area contributed by atoms with Gasteiger partial charge in [0.05, 0.1) is 12.1 Å². The molecule has 1 rings (SSSR count). The Balaban J connectivity index is 2.84. The van der Waals surface area contributed by atoms with E-state index in [0.717, 1.165) is 6.07 Å². The second kappa shape index (κ2) is 6.60. The summed E-state index contributed by atoms with van der Waals surface area (Å²) in [7, 11) is 1.59. The number of nitrogens with one attached hydrogen (secondary N) is 1. The van der Waals surface area contributed by atoms with E-state index in [9.17, 15) is 18.0 Å². The van der Waals surface area contributed by atoms with Crippen molar-refractivity contribution in [1.29, 1.82) is 0 Å². The summed E-state index contributed by atoms with van der Waals surface area (Å²) >= 11 is 0. The molecule has 0 aliphatic carbocycles. The van der Waals surface area contributed by atoms with Crippen molar-refractivity contribution in [1.82, 2.24) is 10.2 Å². The zero-order chi connectivity index (χ0) is 15.3. The van der Waals surface area contributed by atoms with Gasteiger partial charge in [-0.3, -0.25) is 9.69 Å². The number of benzene rings is 1. The molecule has 4 nitrogen and oxygen atoms in total. The van der Waals surface area contributed by atoms with Crippen molar-refractivity contribution in [3.8, 4) is 0 Å². The Kier molecular flexibility index (Phi) is 5.38. The van der Waals surface area contributed by atoms with E-state index in [1.165, 1.54) is 17.0 Å². The van der Waals surface area contributed by atoms with Crippen LogP contribution in [-0.2, 0) is 17.5 Å². The Morgan fingerprint density at radius 2 is 2.05 bits per heavy atom. The summed E-state index contributed by atoms with van der Waals surface area (Å²) < 4.78 is 38.7. The maximum atomic E-state index is 12.9. The van der Waals surface area contributed by atoms with Crippen LogP contribution in [0.25, 0.3) is 0 Å². The summed E-state index contributed by atoms with van der Waals surface area (Å²) in [5, 5.41) is 2.59. The number of nitrogen functional groups attached to an aromatic ring is 1. The number of anilines is 1. The number of carbonyl (C=O) groups is 1. The fourth-order valence-corrected chi connectivity index (χ4v) is 1.84. The molecule has 1 amide bonds. The molecule has 0 aliphatic heterocycles. The van der Waals surface area contributed by atoms with Crippen LogP contribution in [0.4, 0.5) is 18.9 Å². The fraction of sp³-hybridized carbons (Fsp3) is 0.462. The standard InChI is InChI=1S/C13H18F3N3O/c1-3-18-12(20)8-19(2)7-9-4-5-10(17)6-11(9)13(14,15)16/h4-6H,3,7-8,17H2,1-2H3,(H,18,20). The first-order valence-electron chi connectivity index (χ1n) is 6.15. The number of alkyl halides is 3. The summed E-state index contributed by atoms with van der Waals surface area (Å²) in [4.78, 5) is 12.9. The van der Waals surface area contributed by atoms with E-state index in [0.29, 0.717) is 6.54 Å². The minimum atomic E-state index is -4.46. The second-order valence-electron chi connectivity index (χ2n) is 4.54. The van der Waals surface area contributed by atoms with Crippen LogP contribution < -0.4 is 11.1 Å². The fourth-order valence-electron chi connectivity index (χ4n) is 1.84. The molecule has 0 aromatic heterocycles. The van der Waals surface area contributed by atoms with Crippen LogP contribution >= 0.6 is 0 Å². The van der Waals surface area contributed by atoms with Gasteiger partial charge in [0.2, 0.25) is 5.91 Å². The van der Waals surface area contributed by atoms with Crippen molar-refractivity contribution in [2.45, 2.75) is 19.6 Å². The average molecular weight is 289 g/mol. The molecule has 1 aromatic carbocycles. The Bertz CT molecular complexity index is 474. The van der Waals surface area contributed by atoms with Crippen molar-refractivity contribution in [3.05, 3.63) is 29.3 Å². The highest BCUT2D eigenvalue weighted by molar-refractivity contribution is 5.77. The van der Waals surface area contributed by atoms with Crippen molar-refractivity contribution < 1.29 is 18.0 Å². The zero-order valence-corrected chi connectivity index (χ0v) is 11.4. The van der Waals surface area contributed by atoms with Crippen LogP contribution in [-0.4, -0.2) is 30.9 Å². The third-order valence-electron chi connectivity index (χ3n) is 2.67. The Labute approximate surface area is 115 Å². The first kappa shape index (κ1) is 16.3. The Morgan fingerprint density at radius 3 is 2.60 bits per heavy atom. The molecular formula is C13H18F3N3O. The van der Waals surface area contributed by atoms with Gasteiger partial charge in [-0.15, -0.1) is 0 Å². The minimum Gasteiger partial charge on any atom is -0.399 e. The molecule has 0 unspecified atom stereocenters. The minimum absolute atomic E-state index is 0.0201. The number of halogens is 3. The van der Waals surface area contributed by atoms with Crippen molar-refractivity contribution in [2.24, 2.45) is 0 Å². The van der Waals surface area contributed by atoms with E-state index in [4.69, 9.17) is 5.73 Å². The lowest BCUT2D eigenvalue weighted by Gasteiger charge is -2.19. The largest absolute Gasteiger partial charge is 0.416 e. The predicted octanol–water partition coefficient (Wildman–Crippen LogP) is 1.86. The summed E-state index contributed by atoms with van der Waals surface area (Å²) in [6.07, 6.45) is -4.46. The lowest BCUT2D eigenvalue weighted by Crippen LogP contribution is -2.35. The quantitative estimate of drug-likeness (QED) is 0.813. The third kappa shape index (κ3) is 4.73. The topological polar surface area (TPSA) is 58.4 Å². The number of hydrogen-bond donors (Lipinski definition) is 2. The highest BCUT2D eigenvalue weighted by atomic mass is 19.4. The van der Waals surface area contributed by atoms with E-state index >= 15 is 0 Å². The first-order chi connectivity index (χ1) is 9.24. The number of hydrogen-bond acceptors (Lipinski definition) is 3. The SMILES string of the molecule is CCNC(=O)CN(C)Cc1ccc(N)cc1C(F)(F)F. The number of nitrogens with two attached hydrogens (primary N) is 1. The Morgan fingerprint density at radius 1 is 1.40 bits per heavy atom. The lowest BCUT2D eigenvalue weighted by atomic mass is 10.1. The third-order valence-corrected chi connectivity index (χ3v) is 2.67. The van der Waals surface area contributed by atoms with Crippen LogP contribution in [0.2, 0.25) is 0 Å². The molecule has 0 fully saturated rings. The summed E-state index contributed by atoms with van der Waals surface area (Å²) in [5.74, 6) is -0.223. The van der Waals surface area contributed by atoms with E-state index in [-0.39, 0.29) is 30.2 Å². The zero-order valence-electron chi connectivity index (χ0n) is 11.4. The molecule has 20 heavy (non-hydrogen) atoms. The molecule has 0 bridgehead atoms. The normalized spacial score (nSPS) is 11.7. The van der Waals surface area contributed by atoms with Crippen LogP contribution in [0.5, 0.6) is 0 Å². The molecule has 0 heterocycles. The summed E-state index contributed by atoms with van der Waals surface area (Å²) in [5.41, 5.74) is 4.79. The van der Waals surface area contributed by atoms with Gasteiger partial charge >= 0.3 is 6.18 Å². The summed E-state index contributed by atoms with van der Waals surface area (Å²) in [6.45, 7) is 2.32. The smallest absolute Gasteiger partial charge is 0.399 e. The second-order valence-corrected chi connectivity index (χ2v) is 4.54. The Hall–Kier alpha value is -1.76. The molecular weight excluding hydrogens is 271 g/mol. The highest BCUT2D eigenvalue weighted by Gasteiger charge is 2.33. The molecule has 0 saturated heterocycles. The number of carbonyl (C=O) groups excluding carboxylic acids is 1. The van der Waals surface area contributed by atoms with Crippen LogP contribution in [0.15, 0.2) is 18.2 Å². The molecule has 112 valence electrons. The lowest BCUT2D eigenvalue weighted by molar-refractivity contribution is -0.138. The summed E-state index contributed by atoms with van der Waals surface area (Å²) in [6, 6.07) is 3.67. The molecule has 3 N–H and O–H groups in total. The maximum Gasteiger partial charge on any atom is 0.416 e. The molecule has 0 spiro atoms. The van der Waals surface area contributed by atoms with Gasteiger partial charge in [-0.05, 0) is 31.7 Å². The maximum absolute atomic E-state index is 12.9. The van der Waals surface area contributed by atoms with Gasteiger partial charge in [-0.25, -0.2) is 0 Å². The average Bonchev–Trinajstić information content (AvgIpc) is 2.30. The van der Waals surface area contributed by atoms with Gasteiger partial charge in [0, 0.05) is 18.8 Å². The molecule has 0 saturated carbocycles.